The van der Waals surface area contributed by atoms with Gasteiger partial charge in [0.1, 0.15) is 11.4 Å². The third-order valence-electron chi connectivity index (χ3n) is 8.62. The molecule has 200 valence electrons. The average molecular weight is 533 g/mol. The number of ketones is 1. The van der Waals surface area contributed by atoms with Crippen molar-refractivity contribution in [1.82, 2.24) is 14.9 Å². The number of benzene rings is 3. The number of amides is 2. The first kappa shape index (κ1) is 24.6. The van der Waals surface area contributed by atoms with Crippen LogP contribution in [0.5, 0.6) is 0 Å². The van der Waals surface area contributed by atoms with E-state index >= 15 is 0 Å². The van der Waals surface area contributed by atoms with Crippen molar-refractivity contribution in [1.29, 1.82) is 0 Å². The molecule has 0 unspecified atom stereocenters. The molecule has 0 radical (unpaired) electrons. The average Bonchev–Trinajstić information content (AvgIpc) is 3.51. The number of hydrogen-bond acceptors (Lipinski definition) is 6. The highest BCUT2D eigenvalue weighted by molar-refractivity contribution is 6.23. The molecule has 3 aliphatic rings. The first-order chi connectivity index (χ1) is 19.2. The number of rotatable bonds is 4. The fourth-order valence-electron chi connectivity index (χ4n) is 7.03. The Labute approximate surface area is 230 Å². The van der Waals surface area contributed by atoms with Crippen molar-refractivity contribution in [3.05, 3.63) is 100 Å². The molecule has 40 heavy (non-hydrogen) atoms. The second-order valence-electron chi connectivity index (χ2n) is 11.4. The van der Waals surface area contributed by atoms with Crippen LogP contribution in [0.1, 0.15) is 48.9 Å². The highest BCUT2D eigenvalue weighted by Gasteiger charge is 2.69. The van der Waals surface area contributed by atoms with Gasteiger partial charge in [0.15, 0.2) is 5.78 Å². The van der Waals surface area contributed by atoms with Crippen molar-refractivity contribution in [3.8, 4) is 5.69 Å². The lowest BCUT2D eigenvalue weighted by molar-refractivity contribution is -0.123. The molecular weight excluding hydrogens is 504 g/mol. The molecule has 2 fully saturated rings. The van der Waals surface area contributed by atoms with Crippen molar-refractivity contribution < 1.29 is 14.4 Å². The molecule has 0 aliphatic carbocycles. The standard InChI is InChI=1S/C32H28N4O4/c1-17(2)16-24-26-27(30(40)35(29(26)39)20-14-12-19(13-15-20)18(3)37)32(34-24)22-9-5-7-11-25(22)36-28(38)21-8-4-6-10-23(21)33-31(32)36/h4-15,17,24,26-27,34H,16H2,1-3H3/t24-,26-,27+,32-/m0/s1. The molecule has 4 atom stereocenters. The number of anilines is 1. The van der Waals surface area contributed by atoms with Crippen LogP contribution in [-0.2, 0) is 15.1 Å². The largest absolute Gasteiger partial charge is 0.297 e. The van der Waals surface area contributed by atoms with E-state index in [1.807, 2.05) is 36.4 Å². The van der Waals surface area contributed by atoms with Crippen LogP contribution in [0, 0.1) is 17.8 Å². The second kappa shape index (κ2) is 8.53. The van der Waals surface area contributed by atoms with Crippen LogP contribution < -0.4 is 15.8 Å². The molecule has 8 heteroatoms. The maximum atomic E-state index is 14.5. The quantitative estimate of drug-likeness (QED) is 0.315. The van der Waals surface area contributed by atoms with Gasteiger partial charge < -0.3 is 0 Å². The fourth-order valence-corrected chi connectivity index (χ4v) is 7.03. The zero-order valence-corrected chi connectivity index (χ0v) is 22.4. The summed E-state index contributed by atoms with van der Waals surface area (Å²) in [5.74, 6) is -1.47. The summed E-state index contributed by atoms with van der Waals surface area (Å²) in [4.78, 5) is 60.6. The molecule has 7 rings (SSSR count). The first-order valence-electron chi connectivity index (χ1n) is 13.6. The Bertz CT molecular complexity index is 1810. The van der Waals surface area contributed by atoms with Gasteiger partial charge in [0, 0.05) is 17.2 Å². The highest BCUT2D eigenvalue weighted by Crippen LogP contribution is 2.56. The summed E-state index contributed by atoms with van der Waals surface area (Å²) in [6.45, 7) is 5.66. The Balaban J connectivity index is 1.48. The molecule has 3 aromatic carbocycles. The molecule has 0 saturated carbocycles. The van der Waals surface area contributed by atoms with E-state index in [4.69, 9.17) is 4.98 Å². The van der Waals surface area contributed by atoms with Gasteiger partial charge in [-0.05, 0) is 61.7 Å². The molecule has 4 heterocycles. The molecule has 1 N–H and O–H groups in total. The van der Waals surface area contributed by atoms with Crippen molar-refractivity contribution in [2.45, 2.75) is 38.8 Å². The number of nitrogens with zero attached hydrogens (tertiary/aromatic N) is 3. The van der Waals surface area contributed by atoms with Crippen LogP contribution in [0.3, 0.4) is 0 Å². The van der Waals surface area contributed by atoms with E-state index in [1.165, 1.54) is 11.8 Å². The van der Waals surface area contributed by atoms with E-state index in [0.29, 0.717) is 40.1 Å². The van der Waals surface area contributed by atoms with Gasteiger partial charge in [-0.2, -0.15) is 0 Å². The zero-order chi connectivity index (χ0) is 27.9. The minimum Gasteiger partial charge on any atom is -0.297 e. The maximum absolute atomic E-state index is 14.5. The van der Waals surface area contributed by atoms with E-state index in [9.17, 15) is 19.2 Å². The summed E-state index contributed by atoms with van der Waals surface area (Å²) in [6.07, 6.45) is 0.666. The number of hydrogen-bond donors (Lipinski definition) is 1. The Kier molecular flexibility index (Phi) is 5.25. The smallest absolute Gasteiger partial charge is 0.266 e. The molecule has 2 saturated heterocycles. The number of nitrogens with one attached hydrogen (secondary N) is 1. The van der Waals surface area contributed by atoms with Crippen LogP contribution in [0.2, 0.25) is 0 Å². The van der Waals surface area contributed by atoms with Crippen molar-refractivity contribution in [2.75, 3.05) is 4.90 Å². The predicted octanol–water partition coefficient (Wildman–Crippen LogP) is 3.97. The van der Waals surface area contributed by atoms with E-state index in [-0.39, 0.29) is 35.1 Å². The van der Waals surface area contributed by atoms with Crippen LogP contribution in [0.4, 0.5) is 5.69 Å². The summed E-state index contributed by atoms with van der Waals surface area (Å²) < 4.78 is 1.61. The Morgan fingerprint density at radius 3 is 2.38 bits per heavy atom. The van der Waals surface area contributed by atoms with Gasteiger partial charge in [-0.3, -0.25) is 29.1 Å². The van der Waals surface area contributed by atoms with Crippen molar-refractivity contribution in [2.24, 2.45) is 17.8 Å². The highest BCUT2D eigenvalue weighted by atomic mass is 16.2. The molecule has 2 amide bonds. The SMILES string of the molecule is CC(=O)c1ccc(N2C(=O)[C@H]3[C@H](CC(C)C)N[C@@]4(c5ccccc5-n5c4nc4ccccc4c5=O)[C@H]3C2=O)cc1. The molecule has 1 aromatic heterocycles. The van der Waals surface area contributed by atoms with Gasteiger partial charge in [-0.25, -0.2) is 9.88 Å². The van der Waals surface area contributed by atoms with E-state index < -0.39 is 17.4 Å². The molecular formula is C32H28N4O4. The number of fused-ring (bicyclic) bond motifs is 8. The summed E-state index contributed by atoms with van der Waals surface area (Å²) in [6, 6.07) is 21.0. The third-order valence-corrected chi connectivity index (χ3v) is 8.62. The van der Waals surface area contributed by atoms with Gasteiger partial charge >= 0.3 is 0 Å². The summed E-state index contributed by atoms with van der Waals surface area (Å²) in [5.41, 5.74) is 1.56. The Morgan fingerprint density at radius 2 is 1.65 bits per heavy atom. The van der Waals surface area contributed by atoms with E-state index in [1.54, 1.807) is 41.0 Å². The number of imide groups is 1. The molecule has 3 aliphatic heterocycles. The maximum Gasteiger partial charge on any atom is 0.266 e. The first-order valence-corrected chi connectivity index (χ1v) is 13.6. The zero-order valence-electron chi connectivity index (χ0n) is 22.4. The minimum atomic E-state index is -1.16. The number of carbonyl (C=O) groups is 3. The number of aromatic nitrogens is 2. The third kappa shape index (κ3) is 3.14. The Morgan fingerprint density at radius 1 is 0.950 bits per heavy atom. The predicted molar refractivity (Wildman–Crippen MR) is 150 cm³/mol. The number of para-hydroxylation sites is 2. The molecule has 0 bridgehead atoms. The lowest BCUT2D eigenvalue weighted by Gasteiger charge is -2.32. The van der Waals surface area contributed by atoms with Crippen molar-refractivity contribution in [3.63, 3.8) is 0 Å². The van der Waals surface area contributed by atoms with Gasteiger partial charge in [0.05, 0.1) is 34.1 Å². The topological polar surface area (TPSA) is 101 Å². The summed E-state index contributed by atoms with van der Waals surface area (Å²) >= 11 is 0. The van der Waals surface area contributed by atoms with Gasteiger partial charge in [-0.15, -0.1) is 0 Å². The minimum absolute atomic E-state index is 0.0921. The molecule has 8 nitrogen and oxygen atoms in total. The monoisotopic (exact) mass is 532 g/mol. The summed E-state index contributed by atoms with van der Waals surface area (Å²) in [7, 11) is 0. The van der Waals surface area contributed by atoms with Crippen LogP contribution >= 0.6 is 0 Å². The molecule has 4 aromatic rings. The number of Topliss-reactive ketones (excluding diaryl/α,β-unsaturated/α-hetero) is 1. The van der Waals surface area contributed by atoms with Gasteiger partial charge in [0.25, 0.3) is 5.56 Å². The Hall–Kier alpha value is -4.43. The lowest BCUT2D eigenvalue weighted by Crippen LogP contribution is -2.50. The lowest BCUT2D eigenvalue weighted by atomic mass is 9.75. The van der Waals surface area contributed by atoms with E-state index in [0.717, 1.165) is 5.56 Å². The summed E-state index contributed by atoms with van der Waals surface area (Å²) in [5, 5.41) is 4.22. The number of carbonyl (C=O) groups excluding carboxylic acids is 3. The van der Waals surface area contributed by atoms with Crippen LogP contribution in [0.25, 0.3) is 16.6 Å². The van der Waals surface area contributed by atoms with E-state index in [2.05, 4.69) is 19.2 Å². The normalized spacial score (nSPS) is 24.7. The van der Waals surface area contributed by atoms with Crippen molar-refractivity contribution >= 4 is 34.2 Å². The fraction of sp³-hybridized carbons (Fsp3) is 0.281. The van der Waals surface area contributed by atoms with Gasteiger partial charge in [-0.1, -0.05) is 44.2 Å². The van der Waals surface area contributed by atoms with Crippen LogP contribution in [-0.4, -0.2) is 33.2 Å². The van der Waals surface area contributed by atoms with Crippen LogP contribution in [0.15, 0.2) is 77.6 Å². The second-order valence-corrected chi connectivity index (χ2v) is 11.4. The molecule has 1 spiro atoms. The van der Waals surface area contributed by atoms with Gasteiger partial charge in [0.2, 0.25) is 11.8 Å².